The highest BCUT2D eigenvalue weighted by molar-refractivity contribution is 7.09. The van der Waals surface area contributed by atoms with E-state index >= 15 is 0 Å². The van der Waals surface area contributed by atoms with Crippen molar-refractivity contribution in [3.05, 3.63) is 22.4 Å². The van der Waals surface area contributed by atoms with E-state index in [9.17, 15) is 0 Å². The van der Waals surface area contributed by atoms with Gasteiger partial charge in [-0.3, -0.25) is 0 Å². The van der Waals surface area contributed by atoms with Gasteiger partial charge in [-0.2, -0.15) is 0 Å². The van der Waals surface area contributed by atoms with Crippen molar-refractivity contribution in [1.29, 1.82) is 0 Å². The summed E-state index contributed by atoms with van der Waals surface area (Å²) in [6.45, 7) is 3.44. The first-order valence-electron chi connectivity index (χ1n) is 5.60. The molecule has 1 N–H and O–H groups in total. The third-order valence-corrected chi connectivity index (χ3v) is 4.04. The second-order valence-electron chi connectivity index (χ2n) is 4.42. The van der Waals surface area contributed by atoms with E-state index in [0.717, 1.165) is 18.5 Å². The highest BCUT2D eigenvalue weighted by Crippen LogP contribution is 2.23. The van der Waals surface area contributed by atoms with Crippen molar-refractivity contribution in [3.63, 3.8) is 0 Å². The number of thiophene rings is 1. The summed E-state index contributed by atoms with van der Waals surface area (Å²) in [5.74, 6) is 0.954. The maximum absolute atomic E-state index is 3.65. The molecule has 0 radical (unpaired) electrons. The zero-order valence-electron chi connectivity index (χ0n) is 8.83. The minimum Gasteiger partial charge on any atom is -0.309 e. The van der Waals surface area contributed by atoms with Gasteiger partial charge in [0.1, 0.15) is 0 Å². The third kappa shape index (κ3) is 2.82. The average Bonchev–Trinajstić information content (AvgIpc) is 2.70. The topological polar surface area (TPSA) is 12.0 Å². The fourth-order valence-electron chi connectivity index (χ4n) is 2.12. The molecule has 0 saturated heterocycles. The van der Waals surface area contributed by atoms with Crippen LogP contribution in [0.2, 0.25) is 0 Å². The van der Waals surface area contributed by atoms with E-state index in [1.807, 2.05) is 11.3 Å². The summed E-state index contributed by atoms with van der Waals surface area (Å²) >= 11 is 1.85. The minimum atomic E-state index is 0.772. The van der Waals surface area contributed by atoms with E-state index in [1.165, 1.54) is 30.6 Å². The molecule has 14 heavy (non-hydrogen) atoms. The molecule has 1 aromatic rings. The molecule has 0 atom stereocenters. The standard InChI is InChI=1S/C12H19NS/c1-10-4-6-11(7-5-10)13-9-12-3-2-8-14-12/h2-3,8,10-11,13H,4-7,9H2,1H3. The van der Waals surface area contributed by atoms with Crippen molar-refractivity contribution in [1.82, 2.24) is 5.32 Å². The normalized spacial score (nSPS) is 27.8. The molecule has 2 heteroatoms. The van der Waals surface area contributed by atoms with Crippen LogP contribution < -0.4 is 5.32 Å². The molecule has 1 saturated carbocycles. The van der Waals surface area contributed by atoms with Gasteiger partial charge in [0.05, 0.1) is 0 Å². The van der Waals surface area contributed by atoms with Gasteiger partial charge in [0.15, 0.2) is 0 Å². The lowest BCUT2D eigenvalue weighted by Crippen LogP contribution is -2.31. The first kappa shape index (κ1) is 10.2. The SMILES string of the molecule is CC1CCC(NCc2cccs2)CC1. The predicted octanol–water partition coefficient (Wildman–Crippen LogP) is 3.42. The van der Waals surface area contributed by atoms with E-state index in [2.05, 4.69) is 29.8 Å². The van der Waals surface area contributed by atoms with Crippen LogP contribution in [0.4, 0.5) is 0 Å². The smallest absolute Gasteiger partial charge is 0.0302 e. The molecule has 78 valence electrons. The van der Waals surface area contributed by atoms with Crippen LogP contribution in [0.25, 0.3) is 0 Å². The lowest BCUT2D eigenvalue weighted by Gasteiger charge is -2.26. The van der Waals surface area contributed by atoms with Gasteiger partial charge in [0.25, 0.3) is 0 Å². The Morgan fingerprint density at radius 3 is 2.79 bits per heavy atom. The summed E-state index contributed by atoms with van der Waals surface area (Å²) in [5, 5.41) is 5.81. The Balaban J connectivity index is 1.71. The van der Waals surface area contributed by atoms with E-state index in [0.29, 0.717) is 0 Å². The van der Waals surface area contributed by atoms with Gasteiger partial charge in [0, 0.05) is 17.5 Å². The summed E-state index contributed by atoms with van der Waals surface area (Å²) in [7, 11) is 0. The van der Waals surface area contributed by atoms with Crippen LogP contribution in [0.15, 0.2) is 17.5 Å². The van der Waals surface area contributed by atoms with Crippen molar-refractivity contribution < 1.29 is 0 Å². The van der Waals surface area contributed by atoms with Gasteiger partial charge in [-0.25, -0.2) is 0 Å². The summed E-state index contributed by atoms with van der Waals surface area (Å²) in [6, 6.07) is 5.11. The summed E-state index contributed by atoms with van der Waals surface area (Å²) in [4.78, 5) is 1.46. The van der Waals surface area contributed by atoms with Crippen molar-refractivity contribution in [3.8, 4) is 0 Å². The highest BCUT2D eigenvalue weighted by Gasteiger charge is 2.17. The lowest BCUT2D eigenvalue weighted by atomic mass is 9.87. The Morgan fingerprint density at radius 2 is 2.14 bits per heavy atom. The second-order valence-corrected chi connectivity index (χ2v) is 5.45. The molecule has 1 aliphatic rings. The predicted molar refractivity (Wildman–Crippen MR) is 62.6 cm³/mol. The van der Waals surface area contributed by atoms with Crippen molar-refractivity contribution in [2.75, 3.05) is 0 Å². The molecule has 0 unspecified atom stereocenters. The lowest BCUT2D eigenvalue weighted by molar-refractivity contribution is 0.307. The van der Waals surface area contributed by atoms with Crippen molar-refractivity contribution >= 4 is 11.3 Å². The second kappa shape index (κ2) is 4.94. The molecule has 1 fully saturated rings. The summed E-state index contributed by atoms with van der Waals surface area (Å²) < 4.78 is 0. The van der Waals surface area contributed by atoms with Crippen LogP contribution in [0, 0.1) is 5.92 Å². The van der Waals surface area contributed by atoms with Crippen molar-refractivity contribution in [2.45, 2.75) is 45.2 Å². The fourth-order valence-corrected chi connectivity index (χ4v) is 2.78. The van der Waals surface area contributed by atoms with Gasteiger partial charge < -0.3 is 5.32 Å². The number of nitrogens with one attached hydrogen (secondary N) is 1. The average molecular weight is 209 g/mol. The van der Waals surface area contributed by atoms with E-state index < -0.39 is 0 Å². The number of rotatable bonds is 3. The van der Waals surface area contributed by atoms with Gasteiger partial charge >= 0.3 is 0 Å². The first-order chi connectivity index (χ1) is 6.84. The fraction of sp³-hybridized carbons (Fsp3) is 0.667. The van der Waals surface area contributed by atoms with Gasteiger partial charge in [-0.15, -0.1) is 11.3 Å². The quantitative estimate of drug-likeness (QED) is 0.804. The van der Waals surface area contributed by atoms with Crippen LogP contribution in [0.5, 0.6) is 0 Å². The Hall–Kier alpha value is -0.340. The van der Waals surface area contributed by atoms with Gasteiger partial charge in [-0.05, 0) is 43.0 Å². The van der Waals surface area contributed by atoms with E-state index in [1.54, 1.807) is 0 Å². The Morgan fingerprint density at radius 1 is 1.36 bits per heavy atom. The third-order valence-electron chi connectivity index (χ3n) is 3.16. The number of hydrogen-bond acceptors (Lipinski definition) is 2. The number of hydrogen-bond donors (Lipinski definition) is 1. The molecule has 1 aromatic heterocycles. The molecule has 0 spiro atoms. The Labute approximate surface area is 90.5 Å². The molecule has 0 amide bonds. The van der Waals surface area contributed by atoms with E-state index in [-0.39, 0.29) is 0 Å². The van der Waals surface area contributed by atoms with Gasteiger partial charge in [-0.1, -0.05) is 13.0 Å². The Bertz CT molecular complexity index is 247. The zero-order chi connectivity index (χ0) is 9.80. The summed E-state index contributed by atoms with van der Waals surface area (Å²) in [6.07, 6.45) is 5.54. The molecule has 1 aliphatic carbocycles. The first-order valence-corrected chi connectivity index (χ1v) is 6.48. The molecule has 1 heterocycles. The largest absolute Gasteiger partial charge is 0.309 e. The van der Waals surface area contributed by atoms with Gasteiger partial charge in [0.2, 0.25) is 0 Å². The molecular formula is C12H19NS. The van der Waals surface area contributed by atoms with Crippen LogP contribution in [-0.2, 0) is 6.54 Å². The van der Waals surface area contributed by atoms with Crippen LogP contribution >= 0.6 is 11.3 Å². The molecule has 0 bridgehead atoms. The van der Waals surface area contributed by atoms with Crippen LogP contribution in [-0.4, -0.2) is 6.04 Å². The molecular weight excluding hydrogens is 190 g/mol. The monoisotopic (exact) mass is 209 g/mol. The van der Waals surface area contributed by atoms with Crippen LogP contribution in [0.1, 0.15) is 37.5 Å². The maximum atomic E-state index is 3.65. The van der Waals surface area contributed by atoms with Crippen LogP contribution in [0.3, 0.4) is 0 Å². The van der Waals surface area contributed by atoms with E-state index in [4.69, 9.17) is 0 Å². The van der Waals surface area contributed by atoms with Crippen molar-refractivity contribution in [2.24, 2.45) is 5.92 Å². The molecule has 0 aliphatic heterocycles. The summed E-state index contributed by atoms with van der Waals surface area (Å²) in [5.41, 5.74) is 0. The highest BCUT2D eigenvalue weighted by atomic mass is 32.1. The zero-order valence-corrected chi connectivity index (χ0v) is 9.65. The minimum absolute atomic E-state index is 0.772. The molecule has 2 rings (SSSR count). The maximum Gasteiger partial charge on any atom is 0.0302 e. The molecule has 0 aromatic carbocycles. The Kier molecular flexibility index (Phi) is 3.60. The molecule has 1 nitrogen and oxygen atoms in total.